The van der Waals surface area contributed by atoms with Crippen molar-refractivity contribution < 1.29 is 5.11 Å². The zero-order valence-electron chi connectivity index (χ0n) is 23.0. The van der Waals surface area contributed by atoms with Crippen LogP contribution in [0.1, 0.15) is 124 Å². The minimum atomic E-state index is -1.22. The first-order valence-corrected chi connectivity index (χ1v) is 17.7. The Balaban J connectivity index is 2.54. The quantitative estimate of drug-likeness (QED) is 0.163. The zero-order chi connectivity index (χ0) is 24.4. The maximum atomic E-state index is 11.0. The number of hydrogen-bond donors (Lipinski definition) is 1. The van der Waals surface area contributed by atoms with Crippen molar-refractivity contribution >= 4 is 19.8 Å². The summed E-state index contributed by atoms with van der Waals surface area (Å²) in [7, 11) is -1.22. The molecule has 32 heavy (non-hydrogen) atoms. The topological polar surface area (TPSA) is 20.2 Å². The van der Waals surface area contributed by atoms with Gasteiger partial charge in [-0.15, -0.1) is 11.8 Å². The summed E-state index contributed by atoms with van der Waals surface area (Å²) >= 11 is 2.03. The molecule has 1 N–H and O–H groups in total. The van der Waals surface area contributed by atoms with E-state index in [4.69, 9.17) is 0 Å². The third-order valence-corrected chi connectivity index (χ3v) is 12.5. The number of unbranched alkanes of at least 4 members (excludes halogenated alkanes) is 9. The zero-order valence-corrected chi connectivity index (χ0v) is 24.8. The first-order chi connectivity index (χ1) is 14.8. The molecule has 0 amide bonds. The van der Waals surface area contributed by atoms with Gasteiger partial charge in [0.05, 0.1) is 8.07 Å². The Morgan fingerprint density at radius 1 is 0.719 bits per heavy atom. The van der Waals surface area contributed by atoms with Gasteiger partial charge in [-0.05, 0) is 28.3 Å². The van der Waals surface area contributed by atoms with Crippen molar-refractivity contribution in [1.29, 1.82) is 0 Å². The molecule has 1 aromatic carbocycles. The summed E-state index contributed by atoms with van der Waals surface area (Å²) in [5.74, 6) is 0.496. The van der Waals surface area contributed by atoms with E-state index in [0.717, 1.165) is 11.1 Å². The van der Waals surface area contributed by atoms with Crippen LogP contribution in [0.3, 0.4) is 0 Å². The molecule has 0 saturated carbocycles. The number of rotatable bonds is 14. The van der Waals surface area contributed by atoms with Crippen LogP contribution in [0.15, 0.2) is 17.0 Å². The largest absolute Gasteiger partial charge is 0.507 e. The summed E-state index contributed by atoms with van der Waals surface area (Å²) in [4.78, 5) is 1.33. The fourth-order valence-electron chi connectivity index (χ4n) is 4.28. The second-order valence-corrected chi connectivity index (χ2v) is 19.5. The number of thioether (sulfide) groups is 1. The Bertz CT molecular complexity index is 632. The van der Waals surface area contributed by atoms with Gasteiger partial charge in [0.1, 0.15) is 5.75 Å². The van der Waals surface area contributed by atoms with Gasteiger partial charge in [-0.3, -0.25) is 0 Å². The average Bonchev–Trinajstić information content (AvgIpc) is 2.67. The van der Waals surface area contributed by atoms with Crippen molar-refractivity contribution in [3.8, 4) is 5.75 Å². The Kier molecular flexibility index (Phi) is 12.5. The van der Waals surface area contributed by atoms with Gasteiger partial charge in [0, 0.05) is 16.0 Å². The van der Waals surface area contributed by atoms with Gasteiger partial charge in [0.15, 0.2) is 0 Å². The molecule has 1 rings (SSSR count). The highest BCUT2D eigenvalue weighted by Crippen LogP contribution is 2.42. The van der Waals surface area contributed by atoms with Crippen molar-refractivity contribution in [2.75, 3.05) is 5.38 Å². The van der Waals surface area contributed by atoms with E-state index in [2.05, 4.69) is 73.7 Å². The van der Waals surface area contributed by atoms with E-state index in [1.165, 1.54) is 80.5 Å². The van der Waals surface area contributed by atoms with Crippen LogP contribution in [-0.2, 0) is 10.8 Å². The highest BCUT2D eigenvalue weighted by atomic mass is 32.2. The van der Waals surface area contributed by atoms with Gasteiger partial charge in [-0.1, -0.05) is 132 Å². The van der Waals surface area contributed by atoms with Crippen molar-refractivity contribution in [1.82, 2.24) is 0 Å². The van der Waals surface area contributed by atoms with E-state index in [1.807, 2.05) is 11.8 Å². The highest BCUT2D eigenvalue weighted by Gasteiger charge is 2.27. The van der Waals surface area contributed by atoms with Crippen LogP contribution in [0.4, 0.5) is 0 Å². The fourth-order valence-corrected chi connectivity index (χ4v) is 8.69. The van der Waals surface area contributed by atoms with E-state index in [-0.39, 0.29) is 10.8 Å². The minimum Gasteiger partial charge on any atom is -0.507 e. The Morgan fingerprint density at radius 2 is 1.12 bits per heavy atom. The number of phenols is 1. The van der Waals surface area contributed by atoms with Crippen molar-refractivity contribution in [2.24, 2.45) is 0 Å². The van der Waals surface area contributed by atoms with Crippen molar-refractivity contribution in [3.05, 3.63) is 23.3 Å². The molecule has 0 bridgehead atoms. The standard InChI is InChI=1S/C29H54OSSi/c1-10-11-12-13-14-15-16-17-18-19-20-32(8,9)23-31-24-21-25(28(2,3)4)27(30)26(22-24)29(5,6)7/h21-22,30H,10-20,23H2,1-9H3. The van der Waals surface area contributed by atoms with E-state index < -0.39 is 8.07 Å². The second kappa shape index (κ2) is 13.5. The van der Waals surface area contributed by atoms with Crippen LogP contribution in [0.25, 0.3) is 0 Å². The van der Waals surface area contributed by atoms with Crippen LogP contribution in [-0.4, -0.2) is 18.6 Å². The molecule has 3 heteroatoms. The van der Waals surface area contributed by atoms with E-state index in [1.54, 1.807) is 0 Å². The monoisotopic (exact) mass is 478 g/mol. The van der Waals surface area contributed by atoms with Crippen LogP contribution in [0, 0.1) is 0 Å². The third-order valence-electron chi connectivity index (χ3n) is 6.54. The Hall–Kier alpha value is -0.413. The first kappa shape index (κ1) is 29.6. The summed E-state index contributed by atoms with van der Waals surface area (Å²) in [5.41, 5.74) is 2.07. The molecule has 0 unspecified atom stereocenters. The summed E-state index contributed by atoms with van der Waals surface area (Å²) < 4.78 is 0. The number of phenolic OH excluding ortho intramolecular Hbond substituents is 1. The molecule has 1 aromatic rings. The van der Waals surface area contributed by atoms with Gasteiger partial charge >= 0.3 is 0 Å². The molecular weight excluding hydrogens is 424 g/mol. The average molecular weight is 479 g/mol. The maximum Gasteiger partial charge on any atom is 0.123 e. The summed E-state index contributed by atoms with van der Waals surface area (Å²) in [6.07, 6.45) is 14.2. The lowest BCUT2D eigenvalue weighted by Crippen LogP contribution is -2.29. The van der Waals surface area contributed by atoms with Gasteiger partial charge in [-0.25, -0.2) is 0 Å². The molecule has 0 heterocycles. The number of aromatic hydroxyl groups is 1. The van der Waals surface area contributed by atoms with Gasteiger partial charge in [0.2, 0.25) is 0 Å². The molecule has 0 aliphatic carbocycles. The smallest absolute Gasteiger partial charge is 0.123 e. The number of hydrogen-bond acceptors (Lipinski definition) is 2. The predicted molar refractivity (Wildman–Crippen MR) is 150 cm³/mol. The molecule has 0 aliphatic heterocycles. The summed E-state index contributed by atoms with van der Waals surface area (Å²) in [6, 6.07) is 5.94. The number of benzene rings is 1. The van der Waals surface area contributed by atoms with Crippen molar-refractivity contribution in [2.45, 2.75) is 148 Å². The van der Waals surface area contributed by atoms with Crippen LogP contribution < -0.4 is 0 Å². The SMILES string of the molecule is CCCCCCCCCCCC[Si](C)(C)CSc1cc(C(C)(C)C)c(O)c(C(C)(C)C)c1. The molecule has 186 valence electrons. The summed E-state index contributed by atoms with van der Waals surface area (Å²) in [6.45, 7) is 20.6. The predicted octanol–water partition coefficient (Wildman–Crippen LogP) is 10.2. The third kappa shape index (κ3) is 11.1. The van der Waals surface area contributed by atoms with Crippen LogP contribution >= 0.6 is 11.8 Å². The molecule has 0 saturated heterocycles. The normalized spacial score (nSPS) is 13.0. The minimum absolute atomic E-state index is 0.0520. The Morgan fingerprint density at radius 3 is 1.53 bits per heavy atom. The molecule has 0 fully saturated rings. The first-order valence-electron chi connectivity index (χ1n) is 13.3. The van der Waals surface area contributed by atoms with E-state index in [0.29, 0.717) is 5.75 Å². The highest BCUT2D eigenvalue weighted by molar-refractivity contribution is 8.01. The lowest BCUT2D eigenvalue weighted by atomic mass is 9.79. The lowest BCUT2D eigenvalue weighted by molar-refractivity contribution is 0.422. The van der Waals surface area contributed by atoms with E-state index in [9.17, 15) is 5.11 Å². The van der Waals surface area contributed by atoms with Crippen LogP contribution in [0.2, 0.25) is 19.1 Å². The molecule has 0 aliphatic rings. The lowest BCUT2D eigenvalue weighted by Gasteiger charge is -2.29. The molecule has 1 nitrogen and oxygen atoms in total. The second-order valence-electron chi connectivity index (χ2n) is 12.8. The molecule has 0 radical (unpaired) electrons. The van der Waals surface area contributed by atoms with Gasteiger partial charge in [0.25, 0.3) is 0 Å². The molecule has 0 spiro atoms. The van der Waals surface area contributed by atoms with E-state index >= 15 is 0 Å². The summed E-state index contributed by atoms with van der Waals surface area (Å²) in [5, 5.41) is 12.2. The molecular formula is C29H54OSSi. The molecule has 0 aromatic heterocycles. The van der Waals surface area contributed by atoms with Crippen molar-refractivity contribution in [3.63, 3.8) is 0 Å². The molecule has 0 atom stereocenters. The fraction of sp³-hybridized carbons (Fsp3) is 0.793. The van der Waals surface area contributed by atoms with Crippen LogP contribution in [0.5, 0.6) is 5.75 Å². The van der Waals surface area contributed by atoms with Gasteiger partial charge < -0.3 is 5.11 Å². The van der Waals surface area contributed by atoms with Gasteiger partial charge in [-0.2, -0.15) is 0 Å². The maximum absolute atomic E-state index is 11.0. The Labute approximate surface area is 206 Å².